The Bertz CT molecular complexity index is 749. The van der Waals surface area contributed by atoms with E-state index in [1.807, 2.05) is 30.3 Å². The lowest BCUT2D eigenvalue weighted by Crippen LogP contribution is -2.05. The fraction of sp³-hybridized carbons (Fsp3) is 0.250. The van der Waals surface area contributed by atoms with E-state index in [9.17, 15) is 10.1 Å². The normalized spacial score (nSPS) is 9.96. The van der Waals surface area contributed by atoms with Crippen molar-refractivity contribution >= 4 is 23.0 Å². The van der Waals surface area contributed by atoms with Gasteiger partial charge in [-0.15, -0.1) is 0 Å². The molecule has 7 heteroatoms. The maximum absolute atomic E-state index is 11.8. The average molecular weight is 332 g/mol. The second-order valence-electron chi connectivity index (χ2n) is 4.48. The summed E-state index contributed by atoms with van der Waals surface area (Å²) in [5.41, 5.74) is 6.97. The van der Waals surface area contributed by atoms with Crippen LogP contribution in [0.3, 0.4) is 0 Å². The number of nitriles is 1. The molecule has 0 radical (unpaired) electrons. The summed E-state index contributed by atoms with van der Waals surface area (Å²) in [6.07, 6.45) is 0. The van der Waals surface area contributed by atoms with Crippen molar-refractivity contribution in [3.8, 4) is 16.9 Å². The molecule has 120 valence electrons. The molecule has 23 heavy (non-hydrogen) atoms. The first-order valence-electron chi connectivity index (χ1n) is 6.85. The second-order valence-corrected chi connectivity index (χ2v) is 5.46. The van der Waals surface area contributed by atoms with E-state index in [4.69, 9.17) is 19.9 Å². The molecule has 0 amide bonds. The van der Waals surface area contributed by atoms with Crippen LogP contribution in [0.25, 0.3) is 0 Å². The third-order valence-electron chi connectivity index (χ3n) is 2.99. The Morgan fingerprint density at radius 2 is 2.22 bits per heavy atom. The van der Waals surface area contributed by atoms with Crippen LogP contribution in [-0.2, 0) is 11.3 Å². The van der Waals surface area contributed by atoms with Crippen molar-refractivity contribution in [1.82, 2.24) is 0 Å². The van der Waals surface area contributed by atoms with Crippen molar-refractivity contribution < 1.29 is 19.0 Å². The molecule has 1 aromatic carbocycles. The highest BCUT2D eigenvalue weighted by atomic mass is 32.1. The number of nitrogens with two attached hydrogens (primary N) is 1. The van der Waals surface area contributed by atoms with E-state index in [1.54, 1.807) is 14.0 Å². The molecule has 0 aliphatic heterocycles. The highest BCUT2D eigenvalue weighted by Gasteiger charge is 2.23. The quantitative estimate of drug-likeness (QED) is 0.817. The molecule has 2 N–H and O–H groups in total. The zero-order valence-electron chi connectivity index (χ0n) is 12.8. The van der Waals surface area contributed by atoms with Crippen LogP contribution in [0.15, 0.2) is 24.3 Å². The van der Waals surface area contributed by atoms with Gasteiger partial charge < -0.3 is 19.9 Å². The number of hydrogen-bond donors (Lipinski definition) is 1. The van der Waals surface area contributed by atoms with Gasteiger partial charge in [-0.05, 0) is 24.6 Å². The monoisotopic (exact) mass is 332 g/mol. The minimum Gasteiger partial charge on any atom is -0.497 e. The zero-order valence-corrected chi connectivity index (χ0v) is 13.6. The van der Waals surface area contributed by atoms with E-state index >= 15 is 0 Å². The van der Waals surface area contributed by atoms with Crippen LogP contribution < -0.4 is 15.2 Å². The van der Waals surface area contributed by atoms with E-state index in [-0.39, 0.29) is 29.3 Å². The Balaban J connectivity index is 2.21. The van der Waals surface area contributed by atoms with Crippen molar-refractivity contribution in [2.45, 2.75) is 13.5 Å². The SMILES string of the molecule is CCOC(=O)c1sc(OCc2cccc(OC)c2)c(C#N)c1N. The van der Waals surface area contributed by atoms with Crippen molar-refractivity contribution in [2.75, 3.05) is 19.5 Å². The molecule has 0 bridgehead atoms. The Hall–Kier alpha value is -2.72. The van der Waals surface area contributed by atoms with Gasteiger partial charge in [0.2, 0.25) is 0 Å². The maximum Gasteiger partial charge on any atom is 0.350 e. The van der Waals surface area contributed by atoms with E-state index in [0.717, 1.165) is 16.9 Å². The number of nitrogen functional groups attached to an aromatic ring is 1. The lowest BCUT2D eigenvalue weighted by atomic mass is 10.2. The van der Waals surface area contributed by atoms with Crippen LogP contribution in [0.5, 0.6) is 10.8 Å². The Morgan fingerprint density at radius 3 is 2.87 bits per heavy atom. The van der Waals surface area contributed by atoms with Gasteiger partial charge in [-0.2, -0.15) is 5.26 Å². The number of carbonyl (C=O) groups excluding carboxylic acids is 1. The Kier molecular flexibility index (Phi) is 5.44. The summed E-state index contributed by atoms with van der Waals surface area (Å²) < 4.78 is 15.7. The molecule has 0 unspecified atom stereocenters. The van der Waals surface area contributed by atoms with Gasteiger partial charge >= 0.3 is 5.97 Å². The number of anilines is 1. The number of carbonyl (C=O) groups is 1. The fourth-order valence-electron chi connectivity index (χ4n) is 1.89. The minimum atomic E-state index is -0.553. The van der Waals surface area contributed by atoms with Gasteiger partial charge in [0, 0.05) is 0 Å². The topological polar surface area (TPSA) is 94.6 Å². The molecule has 0 spiro atoms. The highest BCUT2D eigenvalue weighted by Crippen LogP contribution is 2.38. The first-order chi connectivity index (χ1) is 11.1. The number of benzene rings is 1. The van der Waals surface area contributed by atoms with Crippen LogP contribution in [0, 0.1) is 11.3 Å². The lowest BCUT2D eigenvalue weighted by Gasteiger charge is -2.06. The molecule has 6 nitrogen and oxygen atoms in total. The number of esters is 1. The number of thiophene rings is 1. The average Bonchev–Trinajstić information content (AvgIpc) is 2.89. The van der Waals surface area contributed by atoms with Crippen LogP contribution in [0.2, 0.25) is 0 Å². The molecule has 0 saturated carbocycles. The molecule has 0 saturated heterocycles. The predicted molar refractivity (Wildman–Crippen MR) is 86.7 cm³/mol. The largest absolute Gasteiger partial charge is 0.497 e. The third-order valence-corrected chi connectivity index (χ3v) is 4.09. The predicted octanol–water partition coefficient (Wildman–Crippen LogP) is 2.97. The summed E-state index contributed by atoms with van der Waals surface area (Å²) in [6, 6.07) is 9.34. The maximum atomic E-state index is 11.8. The molecule has 0 aliphatic rings. The number of hydrogen-bond acceptors (Lipinski definition) is 7. The molecule has 1 aromatic heterocycles. The molecule has 0 fully saturated rings. The van der Waals surface area contributed by atoms with Crippen molar-refractivity contribution in [3.63, 3.8) is 0 Å². The smallest absolute Gasteiger partial charge is 0.350 e. The highest BCUT2D eigenvalue weighted by molar-refractivity contribution is 7.16. The second kappa shape index (κ2) is 7.51. The third kappa shape index (κ3) is 3.73. The molecule has 2 rings (SSSR count). The van der Waals surface area contributed by atoms with E-state index in [1.165, 1.54) is 0 Å². The zero-order chi connectivity index (χ0) is 16.8. The van der Waals surface area contributed by atoms with Crippen molar-refractivity contribution in [2.24, 2.45) is 0 Å². The van der Waals surface area contributed by atoms with E-state index in [2.05, 4.69) is 0 Å². The minimum absolute atomic E-state index is 0.0941. The standard InChI is InChI=1S/C16H16N2O4S/c1-3-21-15(19)14-13(18)12(8-17)16(23-14)22-9-10-5-4-6-11(7-10)20-2/h4-7H,3,9,18H2,1-2H3. The summed E-state index contributed by atoms with van der Waals surface area (Å²) in [5, 5.41) is 9.53. The Morgan fingerprint density at radius 1 is 1.43 bits per heavy atom. The molecule has 1 heterocycles. The number of nitrogens with zero attached hydrogens (tertiary/aromatic N) is 1. The van der Waals surface area contributed by atoms with Gasteiger partial charge in [-0.25, -0.2) is 4.79 Å². The molecule has 0 atom stereocenters. The van der Waals surface area contributed by atoms with Gasteiger partial charge in [-0.3, -0.25) is 0 Å². The summed E-state index contributed by atoms with van der Waals surface area (Å²) in [6.45, 7) is 2.17. The lowest BCUT2D eigenvalue weighted by molar-refractivity contribution is 0.0533. The van der Waals surface area contributed by atoms with Crippen LogP contribution >= 0.6 is 11.3 Å². The van der Waals surface area contributed by atoms with Gasteiger partial charge in [0.25, 0.3) is 0 Å². The van der Waals surface area contributed by atoms with Crippen LogP contribution in [0.4, 0.5) is 5.69 Å². The van der Waals surface area contributed by atoms with Gasteiger partial charge in [-0.1, -0.05) is 23.5 Å². The first kappa shape index (κ1) is 16.6. The van der Waals surface area contributed by atoms with E-state index in [0.29, 0.717) is 10.8 Å². The summed E-state index contributed by atoms with van der Waals surface area (Å²) in [4.78, 5) is 12.0. The van der Waals surface area contributed by atoms with Crippen molar-refractivity contribution in [3.05, 3.63) is 40.3 Å². The van der Waals surface area contributed by atoms with E-state index < -0.39 is 5.97 Å². The van der Waals surface area contributed by atoms with Crippen LogP contribution in [0.1, 0.15) is 27.7 Å². The first-order valence-corrected chi connectivity index (χ1v) is 7.67. The summed E-state index contributed by atoms with van der Waals surface area (Å²) in [7, 11) is 1.58. The number of ether oxygens (including phenoxy) is 3. The molecule has 0 aliphatic carbocycles. The summed E-state index contributed by atoms with van der Waals surface area (Å²) >= 11 is 1.01. The van der Waals surface area contributed by atoms with Crippen molar-refractivity contribution in [1.29, 1.82) is 5.26 Å². The van der Waals surface area contributed by atoms with Gasteiger partial charge in [0.15, 0.2) is 5.06 Å². The summed E-state index contributed by atoms with van der Waals surface area (Å²) in [5.74, 6) is 0.159. The molecule has 2 aromatic rings. The molecular weight excluding hydrogens is 316 g/mol. The number of rotatable bonds is 6. The number of methoxy groups -OCH3 is 1. The van der Waals surface area contributed by atoms with Crippen LogP contribution in [-0.4, -0.2) is 19.7 Å². The molecular formula is C16H16N2O4S. The van der Waals surface area contributed by atoms with Gasteiger partial charge in [0.1, 0.15) is 28.9 Å². The Labute approximate surface area is 138 Å². The fourth-order valence-corrected chi connectivity index (χ4v) is 2.80. The van der Waals surface area contributed by atoms with Gasteiger partial charge in [0.05, 0.1) is 19.4 Å².